The van der Waals surface area contributed by atoms with Crippen LogP contribution in [0.2, 0.25) is 5.02 Å². The number of halogens is 2. The topological polar surface area (TPSA) is 15.3 Å². The highest BCUT2D eigenvalue weighted by molar-refractivity contribution is 9.10. The lowest BCUT2D eigenvalue weighted by Crippen LogP contribution is -2.38. The molecule has 0 spiro atoms. The molecule has 1 aromatic carbocycles. The zero-order valence-electron chi connectivity index (χ0n) is 12.2. The molecule has 1 aromatic rings. The first-order valence-electron chi connectivity index (χ1n) is 7.55. The number of rotatable bonds is 6. The third kappa shape index (κ3) is 5.03. The predicted molar refractivity (Wildman–Crippen MR) is 90.4 cm³/mol. The van der Waals surface area contributed by atoms with Gasteiger partial charge in [-0.2, -0.15) is 0 Å². The predicted octanol–water partition coefficient (Wildman–Crippen LogP) is 4.46. The second-order valence-corrected chi connectivity index (χ2v) is 6.97. The molecule has 1 aliphatic heterocycles. The van der Waals surface area contributed by atoms with Crippen molar-refractivity contribution in [3.63, 3.8) is 0 Å². The van der Waals surface area contributed by atoms with Gasteiger partial charge in [-0.25, -0.2) is 0 Å². The van der Waals surface area contributed by atoms with Crippen molar-refractivity contribution in [1.82, 2.24) is 10.2 Å². The normalized spacial score (nSPS) is 20.2. The molecule has 2 rings (SSSR count). The van der Waals surface area contributed by atoms with E-state index in [9.17, 15) is 0 Å². The van der Waals surface area contributed by atoms with Crippen LogP contribution in [0.25, 0.3) is 0 Å². The minimum absolute atomic E-state index is 0.767. The van der Waals surface area contributed by atoms with E-state index in [1.807, 2.05) is 12.1 Å². The molecule has 1 heterocycles. The molecular formula is C16H24BrClN2. The summed E-state index contributed by atoms with van der Waals surface area (Å²) in [5.41, 5.74) is 1.16. The minimum Gasteiger partial charge on any atom is -0.313 e. The van der Waals surface area contributed by atoms with Crippen molar-refractivity contribution in [2.75, 3.05) is 19.6 Å². The summed E-state index contributed by atoms with van der Waals surface area (Å²) in [7, 11) is 0. The zero-order chi connectivity index (χ0) is 14.4. The number of benzene rings is 1. The Morgan fingerprint density at radius 2 is 2.25 bits per heavy atom. The van der Waals surface area contributed by atoms with E-state index < -0.39 is 0 Å². The van der Waals surface area contributed by atoms with E-state index in [4.69, 9.17) is 11.6 Å². The van der Waals surface area contributed by atoms with Crippen molar-refractivity contribution in [1.29, 1.82) is 0 Å². The van der Waals surface area contributed by atoms with E-state index in [1.54, 1.807) is 0 Å². The van der Waals surface area contributed by atoms with Crippen molar-refractivity contribution in [2.24, 2.45) is 0 Å². The van der Waals surface area contributed by atoms with Gasteiger partial charge in [-0.15, -0.1) is 0 Å². The molecule has 20 heavy (non-hydrogen) atoms. The molecule has 112 valence electrons. The van der Waals surface area contributed by atoms with Crippen molar-refractivity contribution >= 4 is 27.5 Å². The Morgan fingerprint density at radius 1 is 1.40 bits per heavy atom. The Kier molecular flexibility index (Phi) is 6.82. The number of likely N-dealkylation sites (tertiary alicyclic amines) is 1. The first-order chi connectivity index (χ1) is 9.66. The number of piperidine rings is 1. The number of hydrogen-bond acceptors (Lipinski definition) is 2. The molecule has 0 amide bonds. The molecule has 1 N–H and O–H groups in total. The second-order valence-electron chi connectivity index (χ2n) is 5.65. The Labute approximate surface area is 136 Å². The van der Waals surface area contributed by atoms with E-state index in [0.717, 1.165) is 34.2 Å². The fourth-order valence-electron chi connectivity index (χ4n) is 2.80. The van der Waals surface area contributed by atoms with Gasteiger partial charge in [-0.3, -0.25) is 0 Å². The van der Waals surface area contributed by atoms with Crippen molar-refractivity contribution in [2.45, 2.75) is 45.2 Å². The average molecular weight is 360 g/mol. The molecule has 0 bridgehead atoms. The maximum Gasteiger partial charge on any atom is 0.0451 e. The minimum atomic E-state index is 0.767. The van der Waals surface area contributed by atoms with Crippen LogP contribution in [0.5, 0.6) is 0 Å². The number of nitrogens with zero attached hydrogens (tertiary/aromatic N) is 1. The fraction of sp³-hybridized carbons (Fsp3) is 0.625. The maximum absolute atomic E-state index is 6.18. The molecule has 1 saturated heterocycles. The highest BCUT2D eigenvalue weighted by Crippen LogP contribution is 2.20. The summed E-state index contributed by atoms with van der Waals surface area (Å²) in [5, 5.41) is 4.33. The first kappa shape index (κ1) is 16.3. The number of hydrogen-bond donors (Lipinski definition) is 1. The van der Waals surface area contributed by atoms with Gasteiger partial charge in [0.25, 0.3) is 0 Å². The van der Waals surface area contributed by atoms with Gasteiger partial charge in [-0.05, 0) is 69.6 Å². The van der Waals surface area contributed by atoms with E-state index >= 15 is 0 Å². The quantitative estimate of drug-likeness (QED) is 0.755. The molecule has 4 heteroatoms. The van der Waals surface area contributed by atoms with Crippen LogP contribution >= 0.6 is 27.5 Å². The van der Waals surface area contributed by atoms with E-state index in [-0.39, 0.29) is 0 Å². The van der Waals surface area contributed by atoms with Crippen LogP contribution in [0.1, 0.15) is 38.2 Å². The van der Waals surface area contributed by atoms with Crippen LogP contribution < -0.4 is 5.32 Å². The smallest absolute Gasteiger partial charge is 0.0451 e. The van der Waals surface area contributed by atoms with Crippen molar-refractivity contribution in [3.05, 3.63) is 33.3 Å². The molecule has 1 unspecified atom stereocenters. The SMILES string of the molecule is CC1CCCCN1CCCNCc1cc(Br)ccc1Cl. The third-order valence-electron chi connectivity index (χ3n) is 4.06. The molecule has 0 aromatic heterocycles. The van der Waals surface area contributed by atoms with Gasteiger partial charge in [-0.1, -0.05) is 34.0 Å². The largest absolute Gasteiger partial charge is 0.313 e. The molecule has 1 aliphatic rings. The van der Waals surface area contributed by atoms with Crippen LogP contribution in [0.15, 0.2) is 22.7 Å². The Bertz CT molecular complexity index is 425. The molecule has 0 saturated carbocycles. The zero-order valence-corrected chi connectivity index (χ0v) is 14.5. The molecule has 1 atom stereocenters. The van der Waals surface area contributed by atoms with Gasteiger partial charge in [0.15, 0.2) is 0 Å². The summed E-state index contributed by atoms with van der Waals surface area (Å²) in [6.07, 6.45) is 5.33. The van der Waals surface area contributed by atoms with Crippen LogP contribution in [0, 0.1) is 0 Å². The van der Waals surface area contributed by atoms with Gasteiger partial charge in [0, 0.05) is 22.1 Å². The second kappa shape index (κ2) is 8.38. The summed E-state index contributed by atoms with van der Waals surface area (Å²) in [6, 6.07) is 6.77. The van der Waals surface area contributed by atoms with E-state index in [0.29, 0.717) is 0 Å². The number of nitrogens with one attached hydrogen (secondary N) is 1. The van der Waals surface area contributed by atoms with Gasteiger partial charge in [0.05, 0.1) is 0 Å². The Balaban J connectivity index is 1.65. The lowest BCUT2D eigenvalue weighted by atomic mass is 10.0. The Morgan fingerprint density at radius 3 is 3.05 bits per heavy atom. The van der Waals surface area contributed by atoms with Crippen molar-refractivity contribution in [3.8, 4) is 0 Å². The lowest BCUT2D eigenvalue weighted by Gasteiger charge is -2.33. The standard InChI is InChI=1S/C16H24BrClN2/c1-13-5-2-3-9-20(13)10-4-8-19-12-14-11-15(17)6-7-16(14)18/h6-7,11,13,19H,2-5,8-10,12H2,1H3. The lowest BCUT2D eigenvalue weighted by molar-refractivity contribution is 0.159. The molecule has 0 radical (unpaired) electrons. The molecule has 0 aliphatic carbocycles. The van der Waals surface area contributed by atoms with Crippen LogP contribution in [-0.2, 0) is 6.54 Å². The molecular weight excluding hydrogens is 336 g/mol. The monoisotopic (exact) mass is 358 g/mol. The fourth-order valence-corrected chi connectivity index (χ4v) is 3.39. The average Bonchev–Trinajstić information content (AvgIpc) is 2.44. The highest BCUT2D eigenvalue weighted by atomic mass is 79.9. The molecule has 2 nitrogen and oxygen atoms in total. The van der Waals surface area contributed by atoms with Crippen LogP contribution in [-0.4, -0.2) is 30.6 Å². The summed E-state index contributed by atoms with van der Waals surface area (Å²) >= 11 is 9.67. The van der Waals surface area contributed by atoms with Crippen LogP contribution in [0.4, 0.5) is 0 Å². The first-order valence-corrected chi connectivity index (χ1v) is 8.72. The summed E-state index contributed by atoms with van der Waals surface area (Å²) in [4.78, 5) is 2.62. The van der Waals surface area contributed by atoms with E-state index in [2.05, 4.69) is 39.1 Å². The van der Waals surface area contributed by atoms with Gasteiger partial charge in [0.1, 0.15) is 0 Å². The van der Waals surface area contributed by atoms with E-state index in [1.165, 1.54) is 38.8 Å². The highest BCUT2D eigenvalue weighted by Gasteiger charge is 2.16. The third-order valence-corrected chi connectivity index (χ3v) is 4.92. The van der Waals surface area contributed by atoms with Crippen LogP contribution in [0.3, 0.4) is 0 Å². The molecule has 1 fully saturated rings. The van der Waals surface area contributed by atoms with Crippen molar-refractivity contribution < 1.29 is 0 Å². The summed E-state index contributed by atoms with van der Waals surface area (Å²) in [5.74, 6) is 0. The van der Waals surface area contributed by atoms with Gasteiger partial charge in [0.2, 0.25) is 0 Å². The summed E-state index contributed by atoms with van der Waals surface area (Å²) in [6.45, 7) is 6.73. The summed E-state index contributed by atoms with van der Waals surface area (Å²) < 4.78 is 1.08. The van der Waals surface area contributed by atoms with Gasteiger partial charge >= 0.3 is 0 Å². The van der Waals surface area contributed by atoms with Gasteiger partial charge < -0.3 is 10.2 Å². The maximum atomic E-state index is 6.18. The Hall–Kier alpha value is -0.0900.